The fourth-order valence-corrected chi connectivity index (χ4v) is 5.66. The largest absolute Gasteiger partial charge is 0.484 e. The Morgan fingerprint density at radius 1 is 1.30 bits per heavy atom. The van der Waals surface area contributed by atoms with Gasteiger partial charge in [0.05, 0.1) is 21.3 Å². The molecule has 0 aliphatic carbocycles. The average Bonchev–Trinajstić information content (AvgIpc) is 2.99. The third-order valence-corrected chi connectivity index (χ3v) is 6.97. The minimum absolute atomic E-state index is 0.114. The molecule has 2 aromatic rings. The molecule has 144 valence electrons. The zero-order valence-corrected chi connectivity index (χ0v) is 18.0. The number of hydrogen-bond acceptors (Lipinski definition) is 4. The summed E-state index contributed by atoms with van der Waals surface area (Å²) in [6, 6.07) is 12.0. The number of carbonyl (C=O) groups excluding carboxylic acids is 1. The summed E-state index contributed by atoms with van der Waals surface area (Å²) in [7, 11) is 0. The second-order valence-corrected chi connectivity index (χ2v) is 10.2. The summed E-state index contributed by atoms with van der Waals surface area (Å²) in [4.78, 5) is 15.9. The highest BCUT2D eigenvalue weighted by atomic mass is 79.9. The molecular weight excluding hydrogens is 426 g/mol. The molecule has 27 heavy (non-hydrogen) atoms. The number of carbonyl (C=O) groups is 1. The van der Waals surface area contributed by atoms with E-state index in [2.05, 4.69) is 41.9 Å². The molecule has 1 fully saturated rings. The van der Waals surface area contributed by atoms with E-state index in [4.69, 9.17) is 9.47 Å². The van der Waals surface area contributed by atoms with Crippen molar-refractivity contribution in [3.63, 3.8) is 0 Å². The maximum Gasteiger partial charge on any atom is 0.223 e. The van der Waals surface area contributed by atoms with Crippen LogP contribution < -0.4 is 4.74 Å². The van der Waals surface area contributed by atoms with Gasteiger partial charge in [0.25, 0.3) is 0 Å². The van der Waals surface area contributed by atoms with E-state index in [1.54, 1.807) is 11.3 Å². The number of likely N-dealkylation sites (tertiary alicyclic amines) is 1. The fraction of sp³-hybridized carbons (Fsp3) is 0.476. The lowest BCUT2D eigenvalue weighted by atomic mass is 9.88. The molecule has 0 saturated carbocycles. The number of ether oxygens (including phenoxy) is 2. The van der Waals surface area contributed by atoms with Crippen molar-refractivity contribution in [1.82, 2.24) is 4.90 Å². The standard InChI is InChI=1S/C21H24BrNO3S/c1-21(2)20(25-13-14-8-4-3-5-9-14)18(23-11-7-6-10-17(23)24)19-15(26-21)12-16(22)27-19/h3-5,8-9,12,18,20H,6-7,10-11,13H2,1-2H3. The SMILES string of the molecule is CC1(C)Oc2cc(Br)sc2C(N2CCCCC2=O)C1OCc1ccccc1. The highest BCUT2D eigenvalue weighted by Gasteiger charge is 2.49. The van der Waals surface area contributed by atoms with Crippen LogP contribution in [0.15, 0.2) is 40.2 Å². The topological polar surface area (TPSA) is 38.8 Å². The van der Waals surface area contributed by atoms with E-state index in [9.17, 15) is 4.79 Å². The van der Waals surface area contributed by atoms with E-state index in [1.165, 1.54) is 0 Å². The van der Waals surface area contributed by atoms with Crippen LogP contribution in [0.2, 0.25) is 0 Å². The minimum atomic E-state index is -0.537. The number of amides is 1. The Bertz CT molecular complexity index is 820. The number of benzene rings is 1. The first-order valence-electron chi connectivity index (χ1n) is 9.39. The molecule has 1 amide bonds. The molecule has 0 spiro atoms. The lowest BCUT2D eigenvalue weighted by Crippen LogP contribution is -2.56. The van der Waals surface area contributed by atoms with Gasteiger partial charge in [-0.3, -0.25) is 4.79 Å². The van der Waals surface area contributed by atoms with Crippen molar-refractivity contribution in [2.45, 2.75) is 57.5 Å². The molecule has 1 aromatic heterocycles. The summed E-state index contributed by atoms with van der Waals surface area (Å²) in [6.45, 7) is 5.38. The van der Waals surface area contributed by atoms with E-state index in [0.29, 0.717) is 13.0 Å². The van der Waals surface area contributed by atoms with Gasteiger partial charge in [0.15, 0.2) is 0 Å². The Hall–Kier alpha value is -1.37. The molecule has 0 bridgehead atoms. The molecule has 0 N–H and O–H groups in total. The number of hydrogen-bond donors (Lipinski definition) is 0. The van der Waals surface area contributed by atoms with Gasteiger partial charge >= 0.3 is 0 Å². The number of piperidine rings is 1. The lowest BCUT2D eigenvalue weighted by Gasteiger charge is -2.48. The number of fused-ring (bicyclic) bond motifs is 1. The van der Waals surface area contributed by atoms with E-state index < -0.39 is 5.60 Å². The van der Waals surface area contributed by atoms with Gasteiger partial charge in [-0.25, -0.2) is 0 Å². The Labute approximate surface area is 172 Å². The summed E-state index contributed by atoms with van der Waals surface area (Å²) in [5, 5.41) is 0. The molecule has 0 radical (unpaired) electrons. The molecular formula is C21H24BrNO3S. The molecule has 2 atom stereocenters. The van der Waals surface area contributed by atoms with Crippen molar-refractivity contribution in [2.75, 3.05) is 6.54 Å². The number of nitrogens with zero attached hydrogens (tertiary/aromatic N) is 1. The molecule has 2 aliphatic heterocycles. The van der Waals surface area contributed by atoms with Crippen LogP contribution in [0.1, 0.15) is 49.6 Å². The lowest BCUT2D eigenvalue weighted by molar-refractivity contribution is -0.157. The van der Waals surface area contributed by atoms with E-state index in [1.807, 2.05) is 29.2 Å². The van der Waals surface area contributed by atoms with Gasteiger partial charge in [-0.2, -0.15) is 0 Å². The van der Waals surface area contributed by atoms with Gasteiger partial charge in [-0.1, -0.05) is 30.3 Å². The highest BCUT2D eigenvalue weighted by Crippen LogP contribution is 2.50. The zero-order valence-electron chi connectivity index (χ0n) is 15.6. The maximum absolute atomic E-state index is 12.8. The third-order valence-electron chi connectivity index (χ3n) is 5.28. The quantitative estimate of drug-likeness (QED) is 0.633. The van der Waals surface area contributed by atoms with Crippen LogP contribution in [0, 0.1) is 0 Å². The first kappa shape index (κ1) is 19.0. The molecule has 1 saturated heterocycles. The van der Waals surface area contributed by atoms with Crippen LogP contribution >= 0.6 is 27.3 Å². The monoisotopic (exact) mass is 449 g/mol. The molecule has 4 nitrogen and oxygen atoms in total. The normalized spacial score (nSPS) is 24.4. The summed E-state index contributed by atoms with van der Waals surface area (Å²) in [5.74, 6) is 1.08. The summed E-state index contributed by atoms with van der Waals surface area (Å²) in [6.07, 6.45) is 2.39. The number of thiophene rings is 1. The molecule has 4 rings (SSSR count). The number of rotatable bonds is 4. The summed E-state index contributed by atoms with van der Waals surface area (Å²) >= 11 is 5.22. The van der Waals surface area contributed by atoms with Crippen molar-refractivity contribution >= 4 is 33.2 Å². The van der Waals surface area contributed by atoms with Gasteiger partial charge in [-0.15, -0.1) is 11.3 Å². The van der Waals surface area contributed by atoms with Gasteiger partial charge in [0.1, 0.15) is 17.5 Å². The van der Waals surface area contributed by atoms with Crippen molar-refractivity contribution in [2.24, 2.45) is 0 Å². The van der Waals surface area contributed by atoms with Crippen LogP contribution in [-0.2, 0) is 16.1 Å². The molecule has 6 heteroatoms. The highest BCUT2D eigenvalue weighted by molar-refractivity contribution is 9.11. The fourth-order valence-electron chi connectivity index (χ4n) is 3.98. The second kappa shape index (κ2) is 7.57. The van der Waals surface area contributed by atoms with Crippen molar-refractivity contribution in [1.29, 1.82) is 0 Å². The maximum atomic E-state index is 12.8. The zero-order chi connectivity index (χ0) is 19.0. The first-order valence-corrected chi connectivity index (χ1v) is 11.0. The molecule has 3 heterocycles. The van der Waals surface area contributed by atoms with Gasteiger partial charge in [-0.05, 0) is 48.2 Å². The predicted octanol–water partition coefficient (Wildman–Crippen LogP) is 5.32. The molecule has 2 unspecified atom stereocenters. The van der Waals surface area contributed by atoms with Crippen molar-refractivity contribution in [3.05, 3.63) is 50.6 Å². The predicted molar refractivity (Wildman–Crippen MR) is 110 cm³/mol. The van der Waals surface area contributed by atoms with Crippen LogP contribution in [-0.4, -0.2) is 29.1 Å². The van der Waals surface area contributed by atoms with Gasteiger partial charge in [0, 0.05) is 19.0 Å². The van der Waals surface area contributed by atoms with Crippen LogP contribution in [0.3, 0.4) is 0 Å². The van der Waals surface area contributed by atoms with E-state index in [0.717, 1.165) is 39.4 Å². The Morgan fingerprint density at radius 3 is 2.81 bits per heavy atom. The Morgan fingerprint density at radius 2 is 2.07 bits per heavy atom. The van der Waals surface area contributed by atoms with Crippen LogP contribution in [0.25, 0.3) is 0 Å². The van der Waals surface area contributed by atoms with Crippen molar-refractivity contribution in [3.8, 4) is 5.75 Å². The van der Waals surface area contributed by atoms with Crippen LogP contribution in [0.4, 0.5) is 0 Å². The summed E-state index contributed by atoms with van der Waals surface area (Å²) < 4.78 is 13.8. The Kier molecular flexibility index (Phi) is 5.32. The van der Waals surface area contributed by atoms with Gasteiger partial charge < -0.3 is 14.4 Å². The second-order valence-electron chi connectivity index (χ2n) is 7.69. The van der Waals surface area contributed by atoms with Crippen molar-refractivity contribution < 1.29 is 14.3 Å². The van der Waals surface area contributed by atoms with Gasteiger partial charge in [0.2, 0.25) is 5.91 Å². The summed E-state index contributed by atoms with van der Waals surface area (Å²) in [5.41, 5.74) is 0.584. The molecule has 1 aromatic carbocycles. The smallest absolute Gasteiger partial charge is 0.223 e. The first-order chi connectivity index (χ1) is 13.0. The minimum Gasteiger partial charge on any atom is -0.484 e. The third kappa shape index (κ3) is 3.80. The Balaban J connectivity index is 1.69. The average molecular weight is 450 g/mol. The van der Waals surface area contributed by atoms with Crippen LogP contribution in [0.5, 0.6) is 5.75 Å². The van der Waals surface area contributed by atoms with E-state index in [-0.39, 0.29) is 18.1 Å². The number of halogens is 1. The van der Waals surface area contributed by atoms with E-state index >= 15 is 0 Å². The molecule has 2 aliphatic rings.